The van der Waals surface area contributed by atoms with Crippen LogP contribution >= 0.6 is 11.6 Å². The van der Waals surface area contributed by atoms with Crippen LogP contribution in [0.2, 0.25) is 5.15 Å². The summed E-state index contributed by atoms with van der Waals surface area (Å²) >= 11 is 5.98. The lowest BCUT2D eigenvalue weighted by Gasteiger charge is -2.19. The molecule has 18 heteroatoms. The van der Waals surface area contributed by atoms with Crippen molar-refractivity contribution in [1.29, 1.82) is 0 Å². The Labute approximate surface area is 399 Å². The van der Waals surface area contributed by atoms with E-state index < -0.39 is 41.2 Å². The lowest BCUT2D eigenvalue weighted by atomic mass is 10.0. The van der Waals surface area contributed by atoms with Crippen LogP contribution in [-0.4, -0.2) is 38.7 Å². The second-order valence-corrected chi connectivity index (χ2v) is 16.0. The van der Waals surface area contributed by atoms with Gasteiger partial charge in [0.05, 0.1) is 29.6 Å². The van der Waals surface area contributed by atoms with Crippen molar-refractivity contribution in [2.45, 2.75) is 67.6 Å². The number of nitrogens with one attached hydrogen (secondary N) is 1. The predicted molar refractivity (Wildman–Crippen MR) is 257 cm³/mol. The third-order valence-corrected chi connectivity index (χ3v) is 10.9. The van der Waals surface area contributed by atoms with E-state index in [-0.39, 0.29) is 38.8 Å². The molecule has 0 aliphatic carbocycles. The quantitative estimate of drug-likeness (QED) is 0.0918. The number of aromatic nitrogens is 4. The number of carbonyl (C=O) groups excluding carboxylic acids is 2. The number of amides is 2. The van der Waals surface area contributed by atoms with Gasteiger partial charge in [-0.3, -0.25) is 33.7 Å². The molecule has 0 fully saturated rings. The predicted octanol–water partition coefficient (Wildman–Crippen LogP) is 10.3. The van der Waals surface area contributed by atoms with Gasteiger partial charge in [-0.05, 0) is 113 Å². The fourth-order valence-corrected chi connectivity index (χ4v) is 7.63. The topological polar surface area (TPSA) is 204 Å². The fraction of sp³-hybridized carbons (Fsp3) is 0.235. The van der Waals surface area contributed by atoms with Gasteiger partial charge >= 0.3 is 0 Å². The summed E-state index contributed by atoms with van der Waals surface area (Å²) in [5.41, 5.74) is 11.9. The zero-order chi connectivity index (χ0) is 50.4. The van der Waals surface area contributed by atoms with Crippen molar-refractivity contribution in [2.24, 2.45) is 12.8 Å². The summed E-state index contributed by atoms with van der Waals surface area (Å²) in [6, 6.07) is 17.6. The molecule has 0 bridgehead atoms. The maximum atomic E-state index is 14.2. The lowest BCUT2D eigenvalue weighted by molar-refractivity contribution is 0.0526. The van der Waals surface area contributed by atoms with E-state index in [1.807, 2.05) is 39.8 Å². The van der Waals surface area contributed by atoms with E-state index in [0.29, 0.717) is 61.4 Å². The standard InChI is InChI=1S/C25H22ClN3O5.C24H21F2N3O4.C2H6/c1-13-11-16(15(3)33-19-8-9-20(26)28-21(19)25(31)29-32-4)24-17(12-13)22(30)14(2)23(34-24)18-7-5-6-10-27-18;1-11-7-15(13(3)32-18-6-5-17(25)20(26)19(18)24(27)31)23-16(8-11)21(30)12(2)22(33-23)14-9-28-29(4)10-14;1-2/h5-12,15H,1-4H3,(H,29,31);5-10,13H,1-4H3,(H2,27,31);1-2H3/t15-;;/m1../s1. The largest absolute Gasteiger partial charge is 0.485 e. The second-order valence-electron chi connectivity index (χ2n) is 15.6. The Bertz CT molecular complexity index is 3360. The van der Waals surface area contributed by atoms with Crippen molar-refractivity contribution in [2.75, 3.05) is 7.11 Å². The molecular formula is C51H49ClF2N6O9. The Balaban J connectivity index is 0.000000219. The first kappa shape index (κ1) is 50.6. The van der Waals surface area contributed by atoms with E-state index >= 15 is 0 Å². The second kappa shape index (κ2) is 21.5. The van der Waals surface area contributed by atoms with Crippen molar-refractivity contribution in [3.05, 3.63) is 167 Å². The number of rotatable bonds is 11. The first-order chi connectivity index (χ1) is 32.9. The molecule has 8 rings (SSSR count). The van der Waals surface area contributed by atoms with Gasteiger partial charge in [0, 0.05) is 41.7 Å². The molecule has 0 saturated heterocycles. The molecule has 0 spiro atoms. The highest BCUT2D eigenvalue weighted by molar-refractivity contribution is 6.29. The molecule has 5 aromatic heterocycles. The number of halogens is 3. The Morgan fingerprint density at radius 2 is 1.38 bits per heavy atom. The Kier molecular flexibility index (Phi) is 15.8. The minimum Gasteiger partial charge on any atom is -0.485 e. The number of nitrogens with two attached hydrogens (primary N) is 1. The zero-order valence-electron chi connectivity index (χ0n) is 39.4. The van der Waals surface area contributed by atoms with Gasteiger partial charge in [0.25, 0.3) is 11.8 Å². The average Bonchev–Trinajstić information content (AvgIpc) is 3.77. The van der Waals surface area contributed by atoms with Crippen molar-refractivity contribution in [3.8, 4) is 34.3 Å². The summed E-state index contributed by atoms with van der Waals surface area (Å²) in [4.78, 5) is 63.6. The van der Waals surface area contributed by atoms with Gasteiger partial charge in [-0.2, -0.15) is 5.10 Å². The Morgan fingerprint density at radius 3 is 1.91 bits per heavy atom. The first-order valence-corrected chi connectivity index (χ1v) is 21.9. The third kappa shape index (κ3) is 10.7. The monoisotopic (exact) mass is 962 g/mol. The van der Waals surface area contributed by atoms with Gasteiger partial charge in [0.1, 0.15) is 51.3 Å². The van der Waals surface area contributed by atoms with E-state index in [1.54, 1.807) is 94.4 Å². The molecule has 358 valence electrons. The molecule has 0 radical (unpaired) electrons. The SMILES string of the molecule is CC.CONC(=O)c1nc(Cl)ccc1O[C@H](C)c1cc(C)cc2c(=O)c(C)c(-c3ccccn3)oc12.Cc1cc(C(C)Oc2ccc(F)c(F)c2C(N)=O)c2oc(-c3cnn(C)c3)c(C)c(=O)c2c1. The van der Waals surface area contributed by atoms with Crippen LogP contribution in [0.5, 0.6) is 11.5 Å². The number of ether oxygens (including phenoxy) is 2. The number of nitrogens with zero attached hydrogens (tertiary/aromatic N) is 4. The number of carbonyl (C=O) groups is 2. The molecule has 3 N–H and O–H groups in total. The lowest BCUT2D eigenvalue weighted by Crippen LogP contribution is -2.24. The van der Waals surface area contributed by atoms with Crippen molar-refractivity contribution in [1.82, 2.24) is 25.2 Å². The summed E-state index contributed by atoms with van der Waals surface area (Å²) in [5, 5.41) is 5.05. The van der Waals surface area contributed by atoms with Crippen LogP contribution < -0.4 is 31.5 Å². The normalized spacial score (nSPS) is 11.8. The van der Waals surface area contributed by atoms with Gasteiger partial charge < -0.3 is 24.0 Å². The number of aryl methyl sites for hydroxylation is 3. The van der Waals surface area contributed by atoms with Crippen LogP contribution in [-0.2, 0) is 11.9 Å². The smallest absolute Gasteiger partial charge is 0.297 e. The van der Waals surface area contributed by atoms with Crippen LogP contribution in [0.1, 0.15) is 94.1 Å². The van der Waals surface area contributed by atoms with Crippen molar-refractivity contribution >= 4 is 45.4 Å². The number of fused-ring (bicyclic) bond motifs is 2. The number of pyridine rings is 2. The van der Waals surface area contributed by atoms with Crippen LogP contribution in [0.25, 0.3) is 44.7 Å². The molecule has 15 nitrogen and oxygen atoms in total. The average molecular weight is 963 g/mol. The molecule has 1 unspecified atom stereocenters. The maximum Gasteiger partial charge on any atom is 0.297 e. The molecule has 0 aliphatic rings. The summed E-state index contributed by atoms with van der Waals surface area (Å²) in [6.45, 7) is 14.5. The van der Waals surface area contributed by atoms with E-state index in [4.69, 9.17) is 40.5 Å². The highest BCUT2D eigenvalue weighted by Gasteiger charge is 2.26. The number of benzene rings is 3. The van der Waals surface area contributed by atoms with Gasteiger partial charge in [-0.25, -0.2) is 19.2 Å². The maximum absolute atomic E-state index is 14.2. The number of hydroxylamine groups is 1. The first-order valence-electron chi connectivity index (χ1n) is 21.6. The minimum absolute atomic E-state index is 0.0374. The minimum atomic E-state index is -1.39. The molecule has 0 saturated carbocycles. The highest BCUT2D eigenvalue weighted by atomic mass is 35.5. The summed E-state index contributed by atoms with van der Waals surface area (Å²) in [6.07, 6.45) is 3.54. The molecule has 2 amide bonds. The molecule has 69 heavy (non-hydrogen) atoms. The number of hydrogen-bond donors (Lipinski definition) is 2. The Morgan fingerprint density at radius 1 is 0.812 bits per heavy atom. The van der Waals surface area contributed by atoms with Crippen LogP contribution in [0.4, 0.5) is 8.78 Å². The summed E-state index contributed by atoms with van der Waals surface area (Å²) < 4.78 is 53.8. The molecule has 3 aromatic carbocycles. The zero-order valence-corrected chi connectivity index (χ0v) is 40.2. The van der Waals surface area contributed by atoms with Crippen molar-refractivity contribution < 1.29 is 41.5 Å². The van der Waals surface area contributed by atoms with Gasteiger partial charge in [0.2, 0.25) is 0 Å². The molecule has 5 heterocycles. The van der Waals surface area contributed by atoms with E-state index in [1.165, 1.54) is 13.2 Å². The number of hydrogen-bond acceptors (Lipinski definition) is 12. The Hall–Kier alpha value is -7.76. The van der Waals surface area contributed by atoms with E-state index in [0.717, 1.165) is 23.3 Å². The molecule has 8 aromatic rings. The van der Waals surface area contributed by atoms with Crippen LogP contribution in [0, 0.1) is 39.3 Å². The van der Waals surface area contributed by atoms with Crippen LogP contribution in [0.3, 0.4) is 0 Å². The summed E-state index contributed by atoms with van der Waals surface area (Å²) in [5.74, 6) is -3.64. The molecule has 0 aliphatic heterocycles. The van der Waals surface area contributed by atoms with E-state index in [9.17, 15) is 28.0 Å². The highest BCUT2D eigenvalue weighted by Crippen LogP contribution is 2.36. The number of primary amides is 1. The van der Waals surface area contributed by atoms with Crippen molar-refractivity contribution in [3.63, 3.8) is 0 Å². The van der Waals surface area contributed by atoms with E-state index in [2.05, 4.69) is 20.5 Å². The van der Waals surface area contributed by atoms with Gasteiger partial charge in [-0.15, -0.1) is 0 Å². The summed E-state index contributed by atoms with van der Waals surface area (Å²) in [7, 11) is 3.06. The van der Waals surface area contributed by atoms with Gasteiger partial charge in [-0.1, -0.05) is 31.5 Å². The molecular weight excluding hydrogens is 914 g/mol. The van der Waals surface area contributed by atoms with Gasteiger partial charge in [0.15, 0.2) is 39.7 Å². The third-order valence-electron chi connectivity index (χ3n) is 10.7. The van der Waals surface area contributed by atoms with Crippen LogP contribution in [0.15, 0.2) is 104 Å². The fourth-order valence-electron chi connectivity index (χ4n) is 7.48. The molecule has 2 atom stereocenters.